The summed E-state index contributed by atoms with van der Waals surface area (Å²) in [5.41, 5.74) is 6.37. The van der Waals surface area contributed by atoms with Crippen LogP contribution in [0.3, 0.4) is 0 Å². The van der Waals surface area contributed by atoms with Gasteiger partial charge in [-0.2, -0.15) is 5.10 Å². The van der Waals surface area contributed by atoms with Crippen LogP contribution in [0.25, 0.3) is 0 Å². The van der Waals surface area contributed by atoms with Gasteiger partial charge in [0, 0.05) is 32.7 Å². The van der Waals surface area contributed by atoms with Crippen molar-refractivity contribution in [3.8, 4) is 0 Å². The van der Waals surface area contributed by atoms with Crippen LogP contribution in [0.2, 0.25) is 0 Å². The van der Waals surface area contributed by atoms with Gasteiger partial charge < -0.3 is 15.4 Å². The Morgan fingerprint density at radius 3 is 2.65 bits per heavy atom. The zero-order valence-corrected chi connectivity index (χ0v) is 11.5. The number of carbonyl (C=O) groups excluding carboxylic acids is 2. The fraction of sp³-hybridized carbons (Fsp3) is 0.583. The van der Waals surface area contributed by atoms with Gasteiger partial charge in [0.15, 0.2) is 0 Å². The minimum atomic E-state index is -0.214. The van der Waals surface area contributed by atoms with E-state index in [4.69, 9.17) is 5.73 Å². The highest BCUT2D eigenvalue weighted by Crippen LogP contribution is 2.12. The second kappa shape index (κ2) is 6.38. The number of carbonyl (C=O) groups is 2. The number of nitrogens with two attached hydrogens (primary N) is 1. The van der Waals surface area contributed by atoms with Crippen molar-refractivity contribution in [3.05, 3.63) is 11.9 Å². The third-order valence-electron chi connectivity index (χ3n) is 3.40. The molecule has 0 spiro atoms. The number of methoxy groups -OCH3 is 1. The van der Waals surface area contributed by atoms with Crippen molar-refractivity contribution in [2.45, 2.75) is 6.42 Å². The number of piperazine rings is 1. The molecule has 1 fully saturated rings. The van der Waals surface area contributed by atoms with Crippen molar-refractivity contribution in [2.75, 3.05) is 45.6 Å². The summed E-state index contributed by atoms with van der Waals surface area (Å²) in [6.45, 7) is 3.34. The number of hydrogen-bond donors (Lipinski definition) is 2. The molecule has 1 aromatic heterocycles. The Bertz CT molecular complexity index is 479. The molecule has 110 valence electrons. The molecule has 0 unspecified atom stereocenters. The number of anilines is 1. The molecule has 8 heteroatoms. The third-order valence-corrected chi connectivity index (χ3v) is 3.40. The zero-order valence-electron chi connectivity index (χ0n) is 11.5. The molecule has 0 radical (unpaired) electrons. The Labute approximate surface area is 116 Å². The summed E-state index contributed by atoms with van der Waals surface area (Å²) in [7, 11) is 1.38. The number of nitrogens with one attached hydrogen (secondary N) is 1. The normalized spacial score (nSPS) is 16.1. The molecule has 0 bridgehead atoms. The molecule has 1 saturated heterocycles. The monoisotopic (exact) mass is 281 g/mol. The Balaban J connectivity index is 1.81. The maximum absolute atomic E-state index is 12.2. The van der Waals surface area contributed by atoms with Gasteiger partial charge in [0.25, 0.3) is 5.91 Å². The van der Waals surface area contributed by atoms with Gasteiger partial charge in [0.2, 0.25) is 0 Å². The van der Waals surface area contributed by atoms with E-state index in [1.807, 2.05) is 0 Å². The highest BCUT2D eigenvalue weighted by atomic mass is 16.5. The van der Waals surface area contributed by atoms with E-state index in [2.05, 4.69) is 19.8 Å². The van der Waals surface area contributed by atoms with Gasteiger partial charge in [-0.05, 0) is 0 Å². The molecular formula is C12H19N5O3. The second-order valence-corrected chi connectivity index (χ2v) is 4.66. The average molecular weight is 281 g/mol. The molecule has 20 heavy (non-hydrogen) atoms. The van der Waals surface area contributed by atoms with Gasteiger partial charge in [-0.25, -0.2) is 0 Å². The lowest BCUT2D eigenvalue weighted by molar-refractivity contribution is -0.141. The first-order chi connectivity index (χ1) is 9.61. The molecule has 0 aliphatic carbocycles. The fourth-order valence-electron chi connectivity index (χ4n) is 2.15. The fourth-order valence-corrected chi connectivity index (χ4v) is 2.15. The highest BCUT2D eigenvalue weighted by molar-refractivity contribution is 5.97. The van der Waals surface area contributed by atoms with Crippen LogP contribution in [0.5, 0.6) is 0 Å². The predicted molar refractivity (Wildman–Crippen MR) is 72.0 cm³/mol. The summed E-state index contributed by atoms with van der Waals surface area (Å²) >= 11 is 0. The predicted octanol–water partition coefficient (Wildman–Crippen LogP) is -0.687. The topological polar surface area (TPSA) is 105 Å². The first-order valence-corrected chi connectivity index (χ1v) is 6.49. The van der Waals surface area contributed by atoms with E-state index >= 15 is 0 Å². The lowest BCUT2D eigenvalue weighted by atomic mass is 10.2. The van der Waals surface area contributed by atoms with Crippen molar-refractivity contribution in [3.63, 3.8) is 0 Å². The van der Waals surface area contributed by atoms with Crippen LogP contribution >= 0.6 is 0 Å². The number of nitrogens with zero attached hydrogens (tertiary/aromatic N) is 3. The number of rotatable bonds is 4. The maximum atomic E-state index is 12.2. The first-order valence-electron chi connectivity index (χ1n) is 6.49. The van der Waals surface area contributed by atoms with Crippen molar-refractivity contribution < 1.29 is 14.3 Å². The van der Waals surface area contributed by atoms with Gasteiger partial charge >= 0.3 is 5.97 Å². The Morgan fingerprint density at radius 1 is 1.40 bits per heavy atom. The van der Waals surface area contributed by atoms with Gasteiger partial charge in [0.1, 0.15) is 5.69 Å². The summed E-state index contributed by atoms with van der Waals surface area (Å²) in [6.07, 6.45) is 1.80. The van der Waals surface area contributed by atoms with E-state index in [1.165, 1.54) is 13.3 Å². The minimum absolute atomic E-state index is 0.132. The standard InChI is InChI=1S/C12H19N5O3/c1-20-10(18)2-3-16-4-6-17(7-5-16)12(19)11-9(13)8-14-15-11/h8H,2-7,13H2,1H3,(H,14,15). The number of nitrogen functional groups attached to an aromatic ring is 1. The Hall–Kier alpha value is -2.09. The molecule has 0 saturated carbocycles. The lowest BCUT2D eigenvalue weighted by Gasteiger charge is -2.34. The van der Waals surface area contributed by atoms with Gasteiger partial charge in [0.05, 0.1) is 25.4 Å². The van der Waals surface area contributed by atoms with Crippen molar-refractivity contribution in [1.82, 2.24) is 20.0 Å². The van der Waals surface area contributed by atoms with Crippen LogP contribution in [0, 0.1) is 0 Å². The van der Waals surface area contributed by atoms with Crippen LogP contribution < -0.4 is 5.73 Å². The molecule has 2 heterocycles. The molecule has 1 aromatic rings. The number of esters is 1. The van der Waals surface area contributed by atoms with Crippen LogP contribution in [0.1, 0.15) is 16.9 Å². The highest BCUT2D eigenvalue weighted by Gasteiger charge is 2.24. The van der Waals surface area contributed by atoms with E-state index in [9.17, 15) is 9.59 Å². The van der Waals surface area contributed by atoms with E-state index in [0.29, 0.717) is 37.4 Å². The van der Waals surface area contributed by atoms with Gasteiger partial charge in [-0.15, -0.1) is 0 Å². The molecule has 1 aliphatic rings. The first kappa shape index (κ1) is 14.3. The average Bonchev–Trinajstić information content (AvgIpc) is 2.90. The van der Waals surface area contributed by atoms with E-state index in [1.54, 1.807) is 4.90 Å². The number of H-pyrrole nitrogens is 1. The smallest absolute Gasteiger partial charge is 0.306 e. The number of hydrogen-bond acceptors (Lipinski definition) is 6. The number of ether oxygens (including phenoxy) is 1. The summed E-state index contributed by atoms with van der Waals surface area (Å²) in [5, 5.41) is 6.37. The summed E-state index contributed by atoms with van der Waals surface area (Å²) in [6, 6.07) is 0. The summed E-state index contributed by atoms with van der Waals surface area (Å²) < 4.78 is 4.61. The van der Waals surface area contributed by atoms with E-state index < -0.39 is 0 Å². The van der Waals surface area contributed by atoms with Crippen molar-refractivity contribution in [1.29, 1.82) is 0 Å². The van der Waals surface area contributed by atoms with Gasteiger partial charge in [-0.1, -0.05) is 0 Å². The molecule has 8 nitrogen and oxygen atoms in total. The Morgan fingerprint density at radius 2 is 2.10 bits per heavy atom. The van der Waals surface area contributed by atoms with Crippen molar-refractivity contribution >= 4 is 17.6 Å². The molecule has 1 aliphatic heterocycles. The number of aromatic amines is 1. The Kier molecular flexibility index (Phi) is 4.57. The molecule has 0 aromatic carbocycles. The molecule has 3 N–H and O–H groups in total. The van der Waals surface area contributed by atoms with E-state index in [-0.39, 0.29) is 11.9 Å². The summed E-state index contributed by atoms with van der Waals surface area (Å²) in [5.74, 6) is -0.346. The summed E-state index contributed by atoms with van der Waals surface area (Å²) in [4.78, 5) is 27.1. The molecular weight excluding hydrogens is 262 g/mol. The molecule has 1 amide bonds. The third kappa shape index (κ3) is 3.27. The van der Waals surface area contributed by atoms with E-state index in [0.717, 1.165) is 13.1 Å². The SMILES string of the molecule is COC(=O)CCN1CCN(C(=O)c2[nH]ncc2N)CC1. The van der Waals surface area contributed by atoms with Crippen LogP contribution in [0.15, 0.2) is 6.20 Å². The molecule has 2 rings (SSSR count). The minimum Gasteiger partial charge on any atom is -0.469 e. The lowest BCUT2D eigenvalue weighted by Crippen LogP contribution is -2.49. The zero-order chi connectivity index (χ0) is 14.5. The largest absolute Gasteiger partial charge is 0.469 e. The maximum Gasteiger partial charge on any atom is 0.306 e. The van der Waals surface area contributed by atoms with Crippen LogP contribution in [-0.4, -0.2) is 71.7 Å². The number of aromatic nitrogens is 2. The van der Waals surface area contributed by atoms with Crippen LogP contribution in [-0.2, 0) is 9.53 Å². The van der Waals surface area contributed by atoms with Crippen molar-refractivity contribution in [2.24, 2.45) is 0 Å². The molecule has 0 atom stereocenters. The quantitative estimate of drug-likeness (QED) is 0.708. The second-order valence-electron chi connectivity index (χ2n) is 4.66. The van der Waals surface area contributed by atoms with Gasteiger partial charge in [-0.3, -0.25) is 19.6 Å². The van der Waals surface area contributed by atoms with Crippen LogP contribution in [0.4, 0.5) is 5.69 Å². The number of amides is 1.